The minimum absolute atomic E-state index is 0.626. The van der Waals surface area contributed by atoms with Gasteiger partial charge in [-0.1, -0.05) is 60.7 Å². The Labute approximate surface area is 106 Å². The summed E-state index contributed by atoms with van der Waals surface area (Å²) in [4.78, 5) is 10.4. The summed E-state index contributed by atoms with van der Waals surface area (Å²) < 4.78 is 0. The number of hydrogen-bond acceptors (Lipinski definition) is 3. The number of nitrogens with zero attached hydrogens (tertiary/aromatic N) is 2. The summed E-state index contributed by atoms with van der Waals surface area (Å²) in [6, 6.07) is 19.9. The molecule has 0 aromatic heterocycles. The van der Waals surface area contributed by atoms with Crippen molar-refractivity contribution in [3.8, 4) is 0 Å². The van der Waals surface area contributed by atoms with Crippen molar-refractivity contribution < 1.29 is 0 Å². The maximum atomic E-state index is 10.4. The highest BCUT2D eigenvalue weighted by Crippen LogP contribution is 2.07. The maximum Gasteiger partial charge on any atom is 0.0658 e. The fourth-order valence-electron chi connectivity index (χ4n) is 1.79. The minimum atomic E-state index is 0.626. The lowest BCUT2D eigenvalue weighted by atomic mass is 10.2. The first-order valence-electron chi connectivity index (χ1n) is 5.79. The summed E-state index contributed by atoms with van der Waals surface area (Å²) in [6.07, 6.45) is 0. The van der Waals surface area contributed by atoms with Crippen molar-refractivity contribution in [2.24, 2.45) is 5.29 Å². The number of nitrogens with one attached hydrogen (secondary N) is 1. The molecule has 0 saturated carbocycles. The fourth-order valence-corrected chi connectivity index (χ4v) is 1.79. The lowest BCUT2D eigenvalue weighted by Gasteiger charge is -2.19. The van der Waals surface area contributed by atoms with E-state index in [2.05, 4.69) is 10.8 Å². The van der Waals surface area contributed by atoms with Crippen molar-refractivity contribution >= 4 is 0 Å². The molecule has 0 unspecified atom stereocenters. The zero-order valence-corrected chi connectivity index (χ0v) is 9.99. The first-order valence-corrected chi connectivity index (χ1v) is 5.79. The van der Waals surface area contributed by atoms with Gasteiger partial charge in [-0.05, 0) is 11.1 Å². The van der Waals surface area contributed by atoms with Crippen molar-refractivity contribution in [1.82, 2.24) is 10.5 Å². The summed E-state index contributed by atoms with van der Waals surface area (Å²) in [6.45, 7) is 1.25. The Balaban J connectivity index is 2.02. The molecule has 4 nitrogen and oxygen atoms in total. The number of hydrogen-bond donors (Lipinski definition) is 1. The van der Waals surface area contributed by atoms with E-state index in [1.54, 1.807) is 5.01 Å². The van der Waals surface area contributed by atoms with Gasteiger partial charge in [-0.3, -0.25) is 0 Å². The van der Waals surface area contributed by atoms with Crippen LogP contribution in [-0.2, 0) is 13.1 Å². The zero-order valence-electron chi connectivity index (χ0n) is 9.99. The number of rotatable bonds is 6. The smallest absolute Gasteiger partial charge is 0.0658 e. The predicted molar refractivity (Wildman–Crippen MR) is 71.1 cm³/mol. The zero-order chi connectivity index (χ0) is 12.6. The lowest BCUT2D eigenvalue weighted by molar-refractivity contribution is 0.171. The van der Waals surface area contributed by atoms with Gasteiger partial charge in [-0.15, -0.1) is 4.91 Å². The molecule has 4 heteroatoms. The quantitative estimate of drug-likeness (QED) is 0.624. The average Bonchev–Trinajstić information content (AvgIpc) is 2.41. The molecule has 0 aliphatic rings. The Bertz CT molecular complexity index is 431. The Morgan fingerprint density at radius 1 is 0.833 bits per heavy atom. The molecule has 0 saturated heterocycles. The van der Waals surface area contributed by atoms with Crippen LogP contribution in [0.1, 0.15) is 11.1 Å². The van der Waals surface area contributed by atoms with Crippen LogP contribution >= 0.6 is 0 Å². The highest BCUT2D eigenvalue weighted by Gasteiger charge is 2.06. The molecule has 0 bridgehead atoms. The molecule has 2 aromatic carbocycles. The highest BCUT2D eigenvalue weighted by atomic mass is 16.3. The van der Waals surface area contributed by atoms with Gasteiger partial charge < -0.3 is 0 Å². The van der Waals surface area contributed by atoms with Crippen LogP contribution in [-0.4, -0.2) is 5.01 Å². The second-order valence-corrected chi connectivity index (χ2v) is 4.02. The number of benzene rings is 2. The number of nitroso groups, excluding NO2 is 1. The first-order chi connectivity index (χ1) is 8.88. The molecule has 92 valence electrons. The van der Waals surface area contributed by atoms with Crippen LogP contribution in [0.25, 0.3) is 0 Å². The summed E-state index contributed by atoms with van der Waals surface area (Å²) >= 11 is 0. The van der Waals surface area contributed by atoms with Crippen LogP contribution in [0, 0.1) is 4.91 Å². The molecular weight excluding hydrogens is 226 g/mol. The monoisotopic (exact) mass is 241 g/mol. The van der Waals surface area contributed by atoms with E-state index in [4.69, 9.17) is 0 Å². The van der Waals surface area contributed by atoms with E-state index in [0.717, 1.165) is 11.1 Å². The Morgan fingerprint density at radius 2 is 1.28 bits per heavy atom. The summed E-state index contributed by atoms with van der Waals surface area (Å²) in [5, 5.41) is 4.53. The predicted octanol–water partition coefficient (Wildman–Crippen LogP) is 2.87. The van der Waals surface area contributed by atoms with Gasteiger partial charge in [0.2, 0.25) is 0 Å². The Kier molecular flexibility index (Phi) is 4.44. The molecule has 0 radical (unpaired) electrons. The molecule has 0 heterocycles. The number of hydrazine groups is 1. The molecule has 0 fully saturated rings. The van der Waals surface area contributed by atoms with Crippen LogP contribution in [0.15, 0.2) is 65.9 Å². The molecule has 18 heavy (non-hydrogen) atoms. The molecule has 1 N–H and O–H groups in total. The van der Waals surface area contributed by atoms with Crippen molar-refractivity contribution in [2.45, 2.75) is 13.1 Å². The van der Waals surface area contributed by atoms with Crippen molar-refractivity contribution in [3.05, 3.63) is 76.7 Å². The third-order valence-electron chi connectivity index (χ3n) is 2.61. The van der Waals surface area contributed by atoms with Crippen LogP contribution < -0.4 is 5.53 Å². The third-order valence-corrected chi connectivity index (χ3v) is 2.61. The van der Waals surface area contributed by atoms with Crippen LogP contribution in [0.2, 0.25) is 0 Å². The van der Waals surface area contributed by atoms with E-state index in [1.165, 1.54) is 0 Å². The third kappa shape index (κ3) is 3.68. The van der Waals surface area contributed by atoms with Gasteiger partial charge in [-0.2, -0.15) is 5.01 Å². The normalized spacial score (nSPS) is 10.3. The van der Waals surface area contributed by atoms with Gasteiger partial charge in [-0.25, -0.2) is 5.53 Å². The largest absolute Gasteiger partial charge is 0.203 e. The summed E-state index contributed by atoms with van der Waals surface area (Å²) in [7, 11) is 0. The first kappa shape index (κ1) is 12.3. The van der Waals surface area contributed by atoms with Crippen molar-refractivity contribution in [3.63, 3.8) is 0 Å². The van der Waals surface area contributed by atoms with Gasteiger partial charge in [0.1, 0.15) is 0 Å². The second-order valence-electron chi connectivity index (χ2n) is 4.02. The molecule has 2 rings (SSSR count). The van der Waals surface area contributed by atoms with Gasteiger partial charge in [0.15, 0.2) is 0 Å². The standard InChI is InChI=1S/C14H15N3O/c18-16-15-17(11-13-7-3-1-4-8-13)12-14-9-5-2-6-10-14/h1-10H,11-12H2,(H,15,18). The Hall–Kier alpha value is -2.20. The molecule has 0 spiro atoms. The SMILES string of the molecule is O=NNN(Cc1ccccc1)Cc1ccccc1. The fraction of sp³-hybridized carbons (Fsp3) is 0.143. The van der Waals surface area contributed by atoms with Gasteiger partial charge in [0.25, 0.3) is 0 Å². The molecule has 0 atom stereocenters. The van der Waals surface area contributed by atoms with E-state index in [-0.39, 0.29) is 0 Å². The van der Waals surface area contributed by atoms with Crippen molar-refractivity contribution in [2.75, 3.05) is 0 Å². The van der Waals surface area contributed by atoms with E-state index in [9.17, 15) is 4.91 Å². The second kappa shape index (κ2) is 6.51. The van der Waals surface area contributed by atoms with Crippen LogP contribution in [0.3, 0.4) is 0 Å². The minimum Gasteiger partial charge on any atom is -0.203 e. The molecule has 0 amide bonds. The van der Waals surface area contributed by atoms with Crippen LogP contribution in [0.5, 0.6) is 0 Å². The molecular formula is C14H15N3O. The Morgan fingerprint density at radius 3 is 1.67 bits per heavy atom. The molecule has 2 aromatic rings. The van der Waals surface area contributed by atoms with Gasteiger partial charge in [0.05, 0.1) is 5.29 Å². The van der Waals surface area contributed by atoms with Crippen molar-refractivity contribution in [1.29, 1.82) is 0 Å². The van der Waals surface area contributed by atoms with Crippen LogP contribution in [0.4, 0.5) is 0 Å². The maximum absolute atomic E-state index is 10.4. The van der Waals surface area contributed by atoms with E-state index in [1.807, 2.05) is 60.7 Å². The highest BCUT2D eigenvalue weighted by molar-refractivity contribution is 5.16. The van der Waals surface area contributed by atoms with E-state index in [0.29, 0.717) is 13.1 Å². The van der Waals surface area contributed by atoms with E-state index >= 15 is 0 Å². The molecule has 0 aliphatic heterocycles. The summed E-state index contributed by atoms with van der Waals surface area (Å²) in [5.74, 6) is 0. The molecule has 0 aliphatic carbocycles. The van der Waals surface area contributed by atoms with E-state index < -0.39 is 0 Å². The lowest BCUT2D eigenvalue weighted by Crippen LogP contribution is -2.32. The van der Waals surface area contributed by atoms with Gasteiger partial charge in [0, 0.05) is 13.1 Å². The average molecular weight is 241 g/mol. The summed E-state index contributed by atoms with van der Waals surface area (Å²) in [5.41, 5.74) is 4.74. The topological polar surface area (TPSA) is 44.7 Å². The van der Waals surface area contributed by atoms with Gasteiger partial charge >= 0.3 is 0 Å².